The Balaban J connectivity index is 2.56. The maximum atomic E-state index is 11.4. The van der Waals surface area contributed by atoms with E-state index in [0.29, 0.717) is 13.0 Å². The zero-order valence-electron chi connectivity index (χ0n) is 11.9. The predicted molar refractivity (Wildman–Crippen MR) is 75.2 cm³/mol. The number of hydrogen-bond acceptors (Lipinski definition) is 4. The standard InChI is InChI=1S/C15H23NO3/c1-12-4-6-13(7-5-12)10-14(11-15(17)19-3)16-8-9-18-2/h4-7,14,16H,8-11H2,1-3H3. The lowest BCUT2D eigenvalue weighted by atomic mass is 10.0. The lowest BCUT2D eigenvalue weighted by Crippen LogP contribution is -2.35. The van der Waals surface area contributed by atoms with E-state index >= 15 is 0 Å². The first-order valence-corrected chi connectivity index (χ1v) is 6.50. The summed E-state index contributed by atoms with van der Waals surface area (Å²) in [6.07, 6.45) is 1.17. The van der Waals surface area contributed by atoms with Crippen LogP contribution < -0.4 is 5.32 Å². The summed E-state index contributed by atoms with van der Waals surface area (Å²) in [7, 11) is 3.08. The Labute approximate surface area is 115 Å². The SMILES string of the molecule is COCCNC(CC(=O)OC)Cc1ccc(C)cc1. The largest absolute Gasteiger partial charge is 0.469 e. The number of hydrogen-bond donors (Lipinski definition) is 1. The van der Waals surface area contributed by atoms with Crippen molar-refractivity contribution in [1.82, 2.24) is 5.32 Å². The van der Waals surface area contributed by atoms with Crippen LogP contribution in [0, 0.1) is 6.92 Å². The van der Waals surface area contributed by atoms with Gasteiger partial charge in [-0.3, -0.25) is 4.79 Å². The Hall–Kier alpha value is -1.39. The predicted octanol–water partition coefficient (Wildman–Crippen LogP) is 1.71. The van der Waals surface area contributed by atoms with Crippen LogP contribution in [0.15, 0.2) is 24.3 Å². The molecule has 0 amide bonds. The van der Waals surface area contributed by atoms with Crippen molar-refractivity contribution in [1.29, 1.82) is 0 Å². The van der Waals surface area contributed by atoms with E-state index in [1.807, 2.05) is 0 Å². The summed E-state index contributed by atoms with van der Waals surface area (Å²) >= 11 is 0. The molecule has 1 rings (SSSR count). The zero-order valence-corrected chi connectivity index (χ0v) is 11.9. The molecule has 1 unspecified atom stereocenters. The van der Waals surface area contributed by atoms with Crippen LogP contribution in [0.2, 0.25) is 0 Å². The van der Waals surface area contributed by atoms with Crippen molar-refractivity contribution in [3.8, 4) is 0 Å². The zero-order chi connectivity index (χ0) is 14.1. The van der Waals surface area contributed by atoms with Crippen LogP contribution in [0.5, 0.6) is 0 Å². The van der Waals surface area contributed by atoms with Gasteiger partial charge in [-0.2, -0.15) is 0 Å². The Morgan fingerprint density at radius 3 is 2.53 bits per heavy atom. The number of carbonyl (C=O) groups is 1. The molecule has 0 aromatic heterocycles. The average Bonchev–Trinajstić information content (AvgIpc) is 2.41. The highest BCUT2D eigenvalue weighted by Crippen LogP contribution is 2.08. The summed E-state index contributed by atoms with van der Waals surface area (Å²) in [4.78, 5) is 11.4. The van der Waals surface area contributed by atoms with E-state index in [1.165, 1.54) is 18.2 Å². The molecule has 19 heavy (non-hydrogen) atoms. The van der Waals surface area contributed by atoms with E-state index in [2.05, 4.69) is 36.5 Å². The molecule has 4 heteroatoms. The molecule has 0 bridgehead atoms. The van der Waals surface area contributed by atoms with Gasteiger partial charge in [0, 0.05) is 19.7 Å². The highest BCUT2D eigenvalue weighted by Gasteiger charge is 2.14. The summed E-state index contributed by atoms with van der Waals surface area (Å²) in [5, 5.41) is 3.32. The summed E-state index contributed by atoms with van der Waals surface area (Å²) < 4.78 is 9.74. The number of esters is 1. The van der Waals surface area contributed by atoms with E-state index in [4.69, 9.17) is 9.47 Å². The number of methoxy groups -OCH3 is 2. The second-order valence-electron chi connectivity index (χ2n) is 4.61. The normalized spacial score (nSPS) is 12.2. The smallest absolute Gasteiger partial charge is 0.307 e. The number of benzene rings is 1. The molecule has 4 nitrogen and oxygen atoms in total. The number of carbonyl (C=O) groups excluding carboxylic acids is 1. The van der Waals surface area contributed by atoms with Crippen molar-refractivity contribution in [2.24, 2.45) is 0 Å². The summed E-state index contributed by atoms with van der Waals surface area (Å²) in [6.45, 7) is 3.42. The molecule has 0 heterocycles. The Kier molecular flexibility index (Phi) is 7.15. The lowest BCUT2D eigenvalue weighted by Gasteiger charge is -2.17. The maximum absolute atomic E-state index is 11.4. The van der Waals surface area contributed by atoms with Crippen LogP contribution in [0.1, 0.15) is 17.5 Å². The van der Waals surface area contributed by atoms with E-state index in [1.54, 1.807) is 7.11 Å². The van der Waals surface area contributed by atoms with Crippen molar-refractivity contribution in [2.75, 3.05) is 27.4 Å². The molecule has 1 aromatic carbocycles. The molecule has 1 aromatic rings. The monoisotopic (exact) mass is 265 g/mol. The lowest BCUT2D eigenvalue weighted by molar-refractivity contribution is -0.141. The first-order valence-electron chi connectivity index (χ1n) is 6.50. The van der Waals surface area contributed by atoms with E-state index in [-0.39, 0.29) is 12.0 Å². The van der Waals surface area contributed by atoms with Crippen LogP contribution in [0.3, 0.4) is 0 Å². The van der Waals surface area contributed by atoms with Crippen molar-refractivity contribution in [2.45, 2.75) is 25.8 Å². The Morgan fingerprint density at radius 1 is 1.26 bits per heavy atom. The number of rotatable bonds is 8. The summed E-state index contributed by atoms with van der Waals surface area (Å²) in [5.74, 6) is -0.193. The van der Waals surface area contributed by atoms with Crippen molar-refractivity contribution >= 4 is 5.97 Å². The van der Waals surface area contributed by atoms with Crippen LogP contribution in [-0.4, -0.2) is 39.4 Å². The van der Waals surface area contributed by atoms with Crippen molar-refractivity contribution in [3.63, 3.8) is 0 Å². The van der Waals surface area contributed by atoms with Crippen molar-refractivity contribution < 1.29 is 14.3 Å². The van der Waals surface area contributed by atoms with Gasteiger partial charge in [0.1, 0.15) is 0 Å². The van der Waals surface area contributed by atoms with Crippen LogP contribution in [0.25, 0.3) is 0 Å². The molecule has 0 saturated heterocycles. The van der Waals surface area contributed by atoms with Crippen LogP contribution in [-0.2, 0) is 20.7 Å². The van der Waals surface area contributed by atoms with Gasteiger partial charge in [-0.15, -0.1) is 0 Å². The van der Waals surface area contributed by atoms with E-state index in [0.717, 1.165) is 13.0 Å². The molecule has 1 atom stereocenters. The average molecular weight is 265 g/mol. The van der Waals surface area contributed by atoms with E-state index in [9.17, 15) is 4.79 Å². The van der Waals surface area contributed by atoms with Gasteiger partial charge < -0.3 is 14.8 Å². The molecule has 0 spiro atoms. The molecule has 0 aliphatic rings. The summed E-state index contributed by atoms with van der Waals surface area (Å²) in [5.41, 5.74) is 2.45. The van der Waals surface area contributed by atoms with Crippen LogP contribution >= 0.6 is 0 Å². The van der Waals surface area contributed by atoms with Gasteiger partial charge in [-0.1, -0.05) is 29.8 Å². The molecule has 0 fully saturated rings. The minimum atomic E-state index is -0.193. The summed E-state index contributed by atoms with van der Waals surface area (Å²) in [6, 6.07) is 8.43. The third-order valence-electron chi connectivity index (χ3n) is 2.98. The fourth-order valence-corrected chi connectivity index (χ4v) is 1.87. The fourth-order valence-electron chi connectivity index (χ4n) is 1.87. The van der Waals surface area contributed by atoms with Gasteiger partial charge in [0.2, 0.25) is 0 Å². The fraction of sp³-hybridized carbons (Fsp3) is 0.533. The van der Waals surface area contributed by atoms with Gasteiger partial charge in [-0.05, 0) is 18.9 Å². The molecule has 1 N–H and O–H groups in total. The highest BCUT2D eigenvalue weighted by atomic mass is 16.5. The second kappa shape index (κ2) is 8.67. The third kappa shape index (κ3) is 6.36. The molecule has 0 aliphatic carbocycles. The number of ether oxygens (including phenoxy) is 2. The minimum Gasteiger partial charge on any atom is -0.469 e. The van der Waals surface area contributed by atoms with Gasteiger partial charge in [0.15, 0.2) is 0 Å². The Bertz CT molecular complexity index is 375. The molecular formula is C15H23NO3. The molecule has 106 valence electrons. The highest BCUT2D eigenvalue weighted by molar-refractivity contribution is 5.70. The molecule has 0 radical (unpaired) electrons. The van der Waals surface area contributed by atoms with Crippen LogP contribution in [0.4, 0.5) is 0 Å². The molecule has 0 saturated carbocycles. The van der Waals surface area contributed by atoms with Gasteiger partial charge in [0.05, 0.1) is 20.1 Å². The molecular weight excluding hydrogens is 242 g/mol. The topological polar surface area (TPSA) is 47.6 Å². The van der Waals surface area contributed by atoms with E-state index < -0.39 is 0 Å². The molecule has 0 aliphatic heterocycles. The van der Waals surface area contributed by atoms with Crippen molar-refractivity contribution in [3.05, 3.63) is 35.4 Å². The number of aryl methyl sites for hydroxylation is 1. The van der Waals surface area contributed by atoms with Gasteiger partial charge in [0.25, 0.3) is 0 Å². The maximum Gasteiger partial charge on any atom is 0.307 e. The van der Waals surface area contributed by atoms with Gasteiger partial charge in [-0.25, -0.2) is 0 Å². The first-order chi connectivity index (χ1) is 9.15. The Morgan fingerprint density at radius 2 is 1.95 bits per heavy atom. The quantitative estimate of drug-likeness (QED) is 0.574. The number of nitrogens with one attached hydrogen (secondary N) is 1. The van der Waals surface area contributed by atoms with Gasteiger partial charge >= 0.3 is 5.97 Å². The third-order valence-corrected chi connectivity index (χ3v) is 2.98. The second-order valence-corrected chi connectivity index (χ2v) is 4.61. The first kappa shape index (κ1) is 15.7. The minimum absolute atomic E-state index is 0.0744.